The van der Waals surface area contributed by atoms with E-state index in [0.717, 1.165) is 13.2 Å². The molecule has 14 heavy (non-hydrogen) atoms. The van der Waals surface area contributed by atoms with Crippen molar-refractivity contribution in [2.24, 2.45) is 0 Å². The van der Waals surface area contributed by atoms with Gasteiger partial charge in [-0.1, -0.05) is 24.3 Å². The Bertz CT molecular complexity index is 331. The Labute approximate surface area is 85.1 Å². The molecule has 0 aromatic heterocycles. The van der Waals surface area contributed by atoms with Gasteiger partial charge in [0.1, 0.15) is 0 Å². The van der Waals surface area contributed by atoms with Crippen LogP contribution in [0.25, 0.3) is 0 Å². The molecule has 0 N–H and O–H groups in total. The van der Waals surface area contributed by atoms with E-state index in [1.807, 2.05) is 0 Å². The molecule has 2 aliphatic rings. The monoisotopic (exact) mass is 188 g/mol. The second-order valence-corrected chi connectivity index (χ2v) is 4.55. The van der Waals surface area contributed by atoms with E-state index in [0.29, 0.717) is 5.41 Å². The summed E-state index contributed by atoms with van der Waals surface area (Å²) in [6.07, 6.45) is 5.07. The summed E-state index contributed by atoms with van der Waals surface area (Å²) in [4.78, 5) is 0. The summed E-state index contributed by atoms with van der Waals surface area (Å²) < 4.78 is 5.47. The molecule has 0 saturated carbocycles. The molecule has 1 aromatic rings. The number of rotatable bonds is 0. The number of benzene rings is 1. The van der Waals surface area contributed by atoms with Gasteiger partial charge in [-0.15, -0.1) is 0 Å². The van der Waals surface area contributed by atoms with E-state index >= 15 is 0 Å². The molecule has 3 rings (SSSR count). The summed E-state index contributed by atoms with van der Waals surface area (Å²) in [6.45, 7) is 1.91. The quantitative estimate of drug-likeness (QED) is 0.608. The molecule has 1 aliphatic carbocycles. The minimum atomic E-state index is 0.481. The number of aryl methyl sites for hydroxylation is 1. The van der Waals surface area contributed by atoms with Crippen molar-refractivity contribution in [3.8, 4) is 0 Å². The van der Waals surface area contributed by atoms with E-state index in [4.69, 9.17) is 4.74 Å². The third kappa shape index (κ3) is 1.12. The summed E-state index contributed by atoms with van der Waals surface area (Å²) in [7, 11) is 0. The maximum Gasteiger partial charge on any atom is 0.0474 e. The van der Waals surface area contributed by atoms with Gasteiger partial charge in [0.05, 0.1) is 0 Å². The summed E-state index contributed by atoms with van der Waals surface area (Å²) in [5, 5.41) is 0. The second-order valence-electron chi connectivity index (χ2n) is 4.55. The van der Waals surface area contributed by atoms with E-state index in [-0.39, 0.29) is 0 Å². The highest BCUT2D eigenvalue weighted by Gasteiger charge is 2.39. The molecule has 1 saturated heterocycles. The Morgan fingerprint density at radius 3 is 2.64 bits per heavy atom. The van der Waals surface area contributed by atoms with Gasteiger partial charge >= 0.3 is 0 Å². The first-order valence-corrected chi connectivity index (χ1v) is 5.57. The van der Waals surface area contributed by atoms with Gasteiger partial charge in [0.2, 0.25) is 0 Å². The normalized spacial score (nSPS) is 23.7. The average Bonchev–Trinajstić information content (AvgIpc) is 2.60. The van der Waals surface area contributed by atoms with Crippen LogP contribution in [0.4, 0.5) is 0 Å². The van der Waals surface area contributed by atoms with Crippen LogP contribution in [0.5, 0.6) is 0 Å². The first-order valence-electron chi connectivity index (χ1n) is 5.57. The van der Waals surface area contributed by atoms with Crippen LogP contribution in [0.3, 0.4) is 0 Å². The third-order valence-electron chi connectivity index (χ3n) is 3.91. The highest BCUT2D eigenvalue weighted by molar-refractivity contribution is 5.39. The van der Waals surface area contributed by atoms with Gasteiger partial charge < -0.3 is 4.74 Å². The first-order chi connectivity index (χ1) is 6.91. The number of ether oxygens (including phenoxy) is 1. The average molecular weight is 188 g/mol. The molecule has 0 atom stereocenters. The van der Waals surface area contributed by atoms with Crippen molar-refractivity contribution in [2.45, 2.75) is 31.1 Å². The van der Waals surface area contributed by atoms with E-state index in [1.54, 1.807) is 11.1 Å². The molecule has 1 aromatic carbocycles. The molecule has 1 nitrogen and oxygen atoms in total. The van der Waals surface area contributed by atoms with Gasteiger partial charge in [-0.25, -0.2) is 0 Å². The molecule has 0 unspecified atom stereocenters. The van der Waals surface area contributed by atoms with E-state index in [2.05, 4.69) is 24.3 Å². The van der Waals surface area contributed by atoms with Gasteiger partial charge in [-0.3, -0.25) is 0 Å². The van der Waals surface area contributed by atoms with E-state index in [1.165, 1.54) is 25.7 Å². The van der Waals surface area contributed by atoms with Crippen LogP contribution >= 0.6 is 0 Å². The Kier molecular flexibility index (Phi) is 1.88. The lowest BCUT2D eigenvalue weighted by atomic mass is 9.75. The smallest absolute Gasteiger partial charge is 0.0474 e. The molecule has 0 amide bonds. The van der Waals surface area contributed by atoms with E-state index < -0.39 is 0 Å². The maximum absolute atomic E-state index is 5.47. The molecular weight excluding hydrogens is 172 g/mol. The zero-order valence-corrected chi connectivity index (χ0v) is 8.46. The van der Waals surface area contributed by atoms with Crippen LogP contribution in [-0.2, 0) is 16.6 Å². The minimum absolute atomic E-state index is 0.481. The first kappa shape index (κ1) is 8.49. The number of hydrogen-bond acceptors (Lipinski definition) is 1. The van der Waals surface area contributed by atoms with Crippen molar-refractivity contribution in [1.29, 1.82) is 0 Å². The van der Waals surface area contributed by atoms with Crippen molar-refractivity contribution in [3.63, 3.8) is 0 Å². The summed E-state index contributed by atoms with van der Waals surface area (Å²) in [6, 6.07) is 8.96. The lowest BCUT2D eigenvalue weighted by Crippen LogP contribution is -2.31. The van der Waals surface area contributed by atoms with Crippen LogP contribution in [0, 0.1) is 0 Å². The number of fused-ring (bicyclic) bond motifs is 2. The van der Waals surface area contributed by atoms with Gasteiger partial charge in [-0.2, -0.15) is 0 Å². The lowest BCUT2D eigenvalue weighted by Gasteiger charge is -2.34. The van der Waals surface area contributed by atoms with Crippen LogP contribution < -0.4 is 0 Å². The van der Waals surface area contributed by atoms with Crippen molar-refractivity contribution in [1.82, 2.24) is 0 Å². The van der Waals surface area contributed by atoms with Gasteiger partial charge in [-0.05, 0) is 36.8 Å². The molecule has 1 aliphatic heterocycles. The Morgan fingerprint density at radius 2 is 1.79 bits per heavy atom. The zero-order valence-electron chi connectivity index (χ0n) is 8.46. The molecule has 1 fully saturated rings. The van der Waals surface area contributed by atoms with Crippen LogP contribution in [0.15, 0.2) is 24.3 Å². The maximum atomic E-state index is 5.47. The fraction of sp³-hybridized carbons (Fsp3) is 0.538. The molecular formula is C13H16O. The predicted octanol–water partition coefficient (Wildman–Crippen LogP) is 2.68. The Balaban J connectivity index is 2.03. The van der Waals surface area contributed by atoms with Crippen LogP contribution in [0.1, 0.15) is 30.4 Å². The fourth-order valence-electron chi connectivity index (χ4n) is 3.05. The third-order valence-corrected chi connectivity index (χ3v) is 3.91. The highest BCUT2D eigenvalue weighted by Crippen LogP contribution is 2.45. The summed E-state index contributed by atoms with van der Waals surface area (Å²) in [5.41, 5.74) is 3.67. The highest BCUT2D eigenvalue weighted by atomic mass is 16.5. The Hall–Kier alpha value is -0.820. The largest absolute Gasteiger partial charge is 0.381 e. The van der Waals surface area contributed by atoms with Crippen molar-refractivity contribution < 1.29 is 4.74 Å². The second kappa shape index (κ2) is 3.09. The predicted molar refractivity (Wildman–Crippen MR) is 56.5 cm³/mol. The summed E-state index contributed by atoms with van der Waals surface area (Å²) >= 11 is 0. The van der Waals surface area contributed by atoms with E-state index in [9.17, 15) is 0 Å². The number of hydrogen-bond donors (Lipinski definition) is 0. The van der Waals surface area contributed by atoms with Crippen molar-refractivity contribution in [3.05, 3.63) is 35.4 Å². The van der Waals surface area contributed by atoms with Crippen LogP contribution in [0.2, 0.25) is 0 Å². The fourth-order valence-corrected chi connectivity index (χ4v) is 3.05. The van der Waals surface area contributed by atoms with Gasteiger partial charge in [0, 0.05) is 18.6 Å². The van der Waals surface area contributed by atoms with Crippen LogP contribution in [-0.4, -0.2) is 13.2 Å². The SMILES string of the molecule is c1ccc2c(c1)CCC21CCOCC1. The lowest BCUT2D eigenvalue weighted by molar-refractivity contribution is 0.0506. The standard InChI is InChI=1S/C13H16O/c1-2-4-12-11(3-1)5-6-13(12)7-9-14-10-8-13/h1-4H,5-10H2. The van der Waals surface area contributed by atoms with Gasteiger partial charge in [0.25, 0.3) is 0 Å². The Morgan fingerprint density at radius 1 is 1.00 bits per heavy atom. The van der Waals surface area contributed by atoms with Crippen molar-refractivity contribution in [2.75, 3.05) is 13.2 Å². The van der Waals surface area contributed by atoms with Crippen molar-refractivity contribution >= 4 is 0 Å². The molecule has 0 radical (unpaired) electrons. The minimum Gasteiger partial charge on any atom is -0.381 e. The van der Waals surface area contributed by atoms with Gasteiger partial charge in [0.15, 0.2) is 0 Å². The molecule has 74 valence electrons. The molecule has 1 spiro atoms. The zero-order chi connectivity index (χ0) is 9.43. The molecule has 1 heteroatoms. The molecule has 0 bridgehead atoms. The summed E-state index contributed by atoms with van der Waals surface area (Å²) in [5.74, 6) is 0. The topological polar surface area (TPSA) is 9.23 Å². The molecule has 1 heterocycles.